The highest BCUT2D eigenvalue weighted by atomic mass is 32.2. The van der Waals surface area contributed by atoms with Gasteiger partial charge in [-0.25, -0.2) is 13.2 Å². The molecule has 30 heavy (non-hydrogen) atoms. The van der Waals surface area contributed by atoms with Gasteiger partial charge in [0.25, 0.3) is 0 Å². The van der Waals surface area contributed by atoms with Crippen molar-refractivity contribution in [3.63, 3.8) is 0 Å². The average molecular weight is 426 g/mol. The molecular weight excluding hydrogens is 404 g/mol. The molecule has 1 atom stereocenters. The van der Waals surface area contributed by atoms with E-state index in [-0.39, 0.29) is 28.6 Å². The third kappa shape index (κ3) is 5.18. The largest absolute Gasteiger partial charge is 0.507 e. The molecule has 3 aromatic carbocycles. The molecular formula is C23H22O6S. The Bertz CT molecular complexity index is 1120. The van der Waals surface area contributed by atoms with E-state index in [0.29, 0.717) is 0 Å². The fourth-order valence-electron chi connectivity index (χ4n) is 3.05. The zero-order chi connectivity index (χ0) is 21.7. The van der Waals surface area contributed by atoms with Gasteiger partial charge in [-0.3, -0.25) is 0 Å². The van der Waals surface area contributed by atoms with E-state index in [0.717, 1.165) is 11.1 Å². The molecule has 0 aromatic heterocycles. The van der Waals surface area contributed by atoms with Crippen molar-refractivity contribution in [1.82, 2.24) is 0 Å². The number of benzene rings is 3. The van der Waals surface area contributed by atoms with Crippen LogP contribution in [0.4, 0.5) is 0 Å². The van der Waals surface area contributed by atoms with E-state index in [1.165, 1.54) is 18.2 Å². The minimum atomic E-state index is -3.56. The normalized spacial score (nSPS) is 12.3. The molecule has 0 saturated heterocycles. The molecule has 0 bridgehead atoms. The molecule has 0 heterocycles. The van der Waals surface area contributed by atoms with Crippen LogP contribution in [0.25, 0.3) is 0 Å². The third-order valence-electron chi connectivity index (χ3n) is 4.72. The number of sulfone groups is 1. The third-order valence-corrected chi connectivity index (χ3v) is 6.55. The van der Waals surface area contributed by atoms with Crippen LogP contribution in [0.3, 0.4) is 0 Å². The summed E-state index contributed by atoms with van der Waals surface area (Å²) >= 11 is 0. The Labute approximate surface area is 175 Å². The van der Waals surface area contributed by atoms with Crippen LogP contribution in [-0.2, 0) is 9.84 Å². The first-order chi connectivity index (χ1) is 14.3. The number of aromatic carboxylic acids is 1. The molecule has 0 aliphatic carbocycles. The molecule has 156 valence electrons. The van der Waals surface area contributed by atoms with Crippen molar-refractivity contribution in [3.05, 3.63) is 89.5 Å². The maximum atomic E-state index is 13.0. The second kappa shape index (κ2) is 9.00. The van der Waals surface area contributed by atoms with Gasteiger partial charge in [-0.15, -0.1) is 0 Å². The molecule has 0 aliphatic heterocycles. The summed E-state index contributed by atoms with van der Waals surface area (Å²) in [6.07, 6.45) is 0. The number of carboxylic acid groups (broad SMARTS) is 1. The van der Waals surface area contributed by atoms with Gasteiger partial charge in [-0.2, -0.15) is 0 Å². The van der Waals surface area contributed by atoms with E-state index in [9.17, 15) is 18.3 Å². The maximum Gasteiger partial charge on any atom is 0.339 e. The van der Waals surface area contributed by atoms with E-state index >= 15 is 0 Å². The number of ether oxygens (including phenoxy) is 1. The van der Waals surface area contributed by atoms with E-state index in [1.807, 2.05) is 37.3 Å². The lowest BCUT2D eigenvalue weighted by Gasteiger charge is -2.19. The van der Waals surface area contributed by atoms with Gasteiger partial charge in [-0.1, -0.05) is 48.0 Å². The van der Waals surface area contributed by atoms with Gasteiger partial charge in [-0.05, 0) is 36.8 Å². The second-order valence-electron chi connectivity index (χ2n) is 7.00. The van der Waals surface area contributed by atoms with Gasteiger partial charge >= 0.3 is 5.97 Å². The van der Waals surface area contributed by atoms with Gasteiger partial charge in [0.05, 0.1) is 17.3 Å². The lowest BCUT2D eigenvalue weighted by Crippen LogP contribution is -2.21. The van der Waals surface area contributed by atoms with Gasteiger partial charge in [0, 0.05) is 12.0 Å². The molecule has 2 N–H and O–H groups in total. The average Bonchev–Trinajstić information content (AvgIpc) is 2.72. The van der Waals surface area contributed by atoms with Gasteiger partial charge in [0.15, 0.2) is 9.84 Å². The smallest absolute Gasteiger partial charge is 0.339 e. The Morgan fingerprint density at radius 1 is 1.00 bits per heavy atom. The molecule has 3 aromatic rings. The van der Waals surface area contributed by atoms with Gasteiger partial charge in [0.1, 0.15) is 17.1 Å². The Morgan fingerprint density at radius 2 is 1.67 bits per heavy atom. The second-order valence-corrected chi connectivity index (χ2v) is 9.03. The van der Waals surface area contributed by atoms with Gasteiger partial charge < -0.3 is 14.9 Å². The fourth-order valence-corrected chi connectivity index (χ4v) is 4.61. The summed E-state index contributed by atoms with van der Waals surface area (Å²) in [4.78, 5) is 11.3. The minimum Gasteiger partial charge on any atom is -0.507 e. The number of rotatable bonds is 8. The van der Waals surface area contributed by atoms with Crippen LogP contribution in [0.15, 0.2) is 77.7 Å². The highest BCUT2D eigenvalue weighted by molar-refractivity contribution is 7.91. The van der Waals surface area contributed by atoms with E-state index in [4.69, 9.17) is 9.84 Å². The number of hydrogen-bond donors (Lipinski definition) is 2. The maximum absolute atomic E-state index is 13.0. The molecule has 0 aliphatic rings. The molecule has 1 unspecified atom stereocenters. The fraction of sp³-hybridized carbons (Fsp3) is 0.174. The Morgan fingerprint density at radius 3 is 2.27 bits per heavy atom. The summed E-state index contributed by atoms with van der Waals surface area (Å²) in [5.74, 6) is -2.02. The van der Waals surface area contributed by atoms with Crippen molar-refractivity contribution >= 4 is 15.8 Å². The highest BCUT2D eigenvalue weighted by Crippen LogP contribution is 2.27. The van der Waals surface area contributed by atoms with Crippen LogP contribution >= 0.6 is 0 Å². The first-order valence-corrected chi connectivity index (χ1v) is 10.9. The van der Waals surface area contributed by atoms with E-state index in [1.54, 1.807) is 24.3 Å². The zero-order valence-corrected chi connectivity index (χ0v) is 17.2. The monoisotopic (exact) mass is 426 g/mol. The highest BCUT2D eigenvalue weighted by Gasteiger charge is 2.24. The van der Waals surface area contributed by atoms with Crippen LogP contribution in [0.5, 0.6) is 11.5 Å². The first kappa shape index (κ1) is 21.4. The summed E-state index contributed by atoms with van der Waals surface area (Å²) < 4.78 is 31.6. The van der Waals surface area contributed by atoms with Crippen molar-refractivity contribution in [2.24, 2.45) is 0 Å². The summed E-state index contributed by atoms with van der Waals surface area (Å²) in [5, 5.41) is 18.9. The molecule has 0 radical (unpaired) electrons. The number of carboxylic acids is 1. The summed E-state index contributed by atoms with van der Waals surface area (Å²) in [7, 11) is -3.56. The van der Waals surface area contributed by atoms with Crippen molar-refractivity contribution in [3.8, 4) is 11.5 Å². The minimum absolute atomic E-state index is 0.0426. The van der Waals surface area contributed by atoms with Crippen LogP contribution in [0.2, 0.25) is 0 Å². The molecule has 0 fully saturated rings. The predicted molar refractivity (Wildman–Crippen MR) is 113 cm³/mol. The number of aryl methyl sites for hydroxylation is 1. The summed E-state index contributed by atoms with van der Waals surface area (Å²) in [6.45, 7) is 1.93. The van der Waals surface area contributed by atoms with E-state index in [2.05, 4.69) is 0 Å². The molecule has 0 spiro atoms. The van der Waals surface area contributed by atoms with E-state index < -0.39 is 27.5 Å². The van der Waals surface area contributed by atoms with Crippen molar-refractivity contribution in [2.75, 3.05) is 12.4 Å². The quantitative estimate of drug-likeness (QED) is 0.564. The first-order valence-electron chi connectivity index (χ1n) is 9.30. The zero-order valence-electron chi connectivity index (χ0n) is 16.4. The molecule has 6 nitrogen and oxygen atoms in total. The number of aromatic hydroxyl groups is 1. The standard InChI is InChI=1S/C23H22O6S/c1-16-7-10-20(11-8-16)30(27,28)15-18(17-5-3-2-4-6-17)14-29-19-9-12-21(23(25)26)22(24)13-19/h2-13,18,24H,14-15H2,1H3,(H,25,26). The lowest BCUT2D eigenvalue weighted by atomic mass is 10.0. The number of carbonyl (C=O) groups is 1. The summed E-state index contributed by atoms with van der Waals surface area (Å²) in [6, 6.07) is 19.8. The molecule has 0 amide bonds. The van der Waals surface area contributed by atoms with Crippen molar-refractivity contribution in [2.45, 2.75) is 17.7 Å². The van der Waals surface area contributed by atoms with Crippen LogP contribution in [0.1, 0.15) is 27.4 Å². The Kier molecular flexibility index (Phi) is 6.42. The number of hydrogen-bond acceptors (Lipinski definition) is 5. The summed E-state index contributed by atoms with van der Waals surface area (Å²) in [5.41, 5.74) is 1.55. The SMILES string of the molecule is Cc1ccc(S(=O)(=O)CC(COc2ccc(C(=O)O)c(O)c2)c2ccccc2)cc1. The molecule has 3 rings (SSSR count). The molecule has 0 saturated carbocycles. The number of phenols is 1. The Hall–Kier alpha value is -3.32. The molecule has 7 heteroatoms. The predicted octanol–water partition coefficient (Wildman–Crippen LogP) is 4.04. The van der Waals surface area contributed by atoms with Crippen LogP contribution in [-0.4, -0.2) is 37.0 Å². The van der Waals surface area contributed by atoms with Crippen molar-refractivity contribution < 1.29 is 28.2 Å². The van der Waals surface area contributed by atoms with Crippen molar-refractivity contribution in [1.29, 1.82) is 0 Å². The lowest BCUT2D eigenvalue weighted by molar-refractivity contribution is 0.0693. The van der Waals surface area contributed by atoms with Crippen LogP contribution < -0.4 is 4.74 Å². The topological polar surface area (TPSA) is 101 Å². The Balaban J connectivity index is 1.82. The van der Waals surface area contributed by atoms with Crippen LogP contribution in [0, 0.1) is 6.92 Å². The van der Waals surface area contributed by atoms with Gasteiger partial charge in [0.2, 0.25) is 0 Å².